The van der Waals surface area contributed by atoms with Gasteiger partial charge in [0.25, 0.3) is 0 Å². The van der Waals surface area contributed by atoms with Gasteiger partial charge in [-0.1, -0.05) is 38.5 Å². The number of rotatable bonds is 8. The number of aromatic nitrogens is 2. The Morgan fingerprint density at radius 2 is 1.90 bits per heavy atom. The van der Waals surface area contributed by atoms with E-state index in [2.05, 4.69) is 40.6 Å². The minimum Gasteiger partial charge on any atom is -0.488 e. The monoisotopic (exact) mass is 665 g/mol. The van der Waals surface area contributed by atoms with Crippen molar-refractivity contribution in [1.29, 1.82) is 0 Å². The van der Waals surface area contributed by atoms with E-state index in [0.29, 0.717) is 12.5 Å². The number of carbonyl (C=O) groups is 2. The number of carbonyl (C=O) groups excluding carboxylic acids is 2. The number of ether oxygens (including phenoxy) is 2. The SMILES string of the molecule is COC(=O)N[C@H](C(=O)N1[C@H](c2nc3c(ccc4cc5c(cc43)COc3cc([B]OC(C)(C)C(C)(C)O)ccc3-5)[nH]2)C[C@@H]2CCC[C@@H]21)C(C)C. The number of aliphatic hydroxyl groups is 1. The third-order valence-electron chi connectivity index (χ3n) is 11.2. The van der Waals surface area contributed by atoms with E-state index in [1.165, 1.54) is 7.11 Å². The first-order valence-corrected chi connectivity index (χ1v) is 17.4. The summed E-state index contributed by atoms with van der Waals surface area (Å²) in [6.45, 7) is 11.5. The Labute approximate surface area is 288 Å². The second-order valence-corrected chi connectivity index (χ2v) is 15.3. The third-order valence-corrected chi connectivity index (χ3v) is 11.2. The zero-order chi connectivity index (χ0) is 34.8. The molecule has 3 aromatic carbocycles. The van der Waals surface area contributed by atoms with Crippen molar-refractivity contribution in [2.75, 3.05) is 7.11 Å². The van der Waals surface area contributed by atoms with Gasteiger partial charge >= 0.3 is 13.6 Å². The Balaban J connectivity index is 1.20. The van der Waals surface area contributed by atoms with Crippen molar-refractivity contribution in [2.24, 2.45) is 11.8 Å². The molecule has 49 heavy (non-hydrogen) atoms. The lowest BCUT2D eigenvalue weighted by Crippen LogP contribution is -2.53. The van der Waals surface area contributed by atoms with Gasteiger partial charge in [0.1, 0.15) is 24.2 Å². The fourth-order valence-electron chi connectivity index (χ4n) is 7.62. The van der Waals surface area contributed by atoms with Crippen LogP contribution in [-0.2, 0) is 20.8 Å². The summed E-state index contributed by atoms with van der Waals surface area (Å²) in [4.78, 5) is 37.1. The molecule has 2 fully saturated rings. The number of nitrogens with zero attached hydrogens (tertiary/aromatic N) is 2. The number of benzene rings is 3. The Kier molecular flexibility index (Phi) is 8.42. The normalized spacial score (nSPS) is 20.9. The summed E-state index contributed by atoms with van der Waals surface area (Å²) in [5, 5.41) is 15.4. The maximum absolute atomic E-state index is 14.2. The lowest BCUT2D eigenvalue weighted by atomic mass is 9.81. The minimum absolute atomic E-state index is 0.0803. The largest absolute Gasteiger partial charge is 0.488 e. The van der Waals surface area contributed by atoms with Crippen LogP contribution in [0, 0.1) is 11.8 Å². The topological polar surface area (TPSA) is 126 Å². The average molecular weight is 666 g/mol. The maximum atomic E-state index is 14.2. The Bertz CT molecular complexity index is 1930. The van der Waals surface area contributed by atoms with Crippen molar-refractivity contribution in [2.45, 2.75) is 103 Å². The van der Waals surface area contributed by atoms with Crippen LogP contribution in [-0.4, -0.2) is 69.9 Å². The fraction of sp³-hybridized carbons (Fsp3) is 0.500. The van der Waals surface area contributed by atoms with Gasteiger partial charge < -0.3 is 34.4 Å². The number of hydrogen-bond acceptors (Lipinski definition) is 7. The third kappa shape index (κ3) is 5.95. The molecule has 11 heteroatoms. The summed E-state index contributed by atoms with van der Waals surface area (Å²) in [5.74, 6) is 1.79. The van der Waals surface area contributed by atoms with E-state index < -0.39 is 23.3 Å². The van der Waals surface area contributed by atoms with Crippen molar-refractivity contribution >= 4 is 46.8 Å². The van der Waals surface area contributed by atoms with Crippen LogP contribution in [0.25, 0.3) is 32.9 Å². The second kappa shape index (κ2) is 12.4. The zero-order valence-electron chi connectivity index (χ0n) is 29.4. The first-order chi connectivity index (χ1) is 23.3. The first kappa shape index (κ1) is 33.4. The highest BCUT2D eigenvalue weighted by atomic mass is 16.5. The number of alkyl carbamates (subject to hydrolysis) is 1. The maximum Gasteiger partial charge on any atom is 0.407 e. The minimum atomic E-state index is -1.01. The number of hydrogen-bond donors (Lipinski definition) is 3. The number of fused-ring (bicyclic) bond motifs is 7. The quantitative estimate of drug-likeness (QED) is 0.200. The molecule has 1 aliphatic carbocycles. The van der Waals surface area contributed by atoms with E-state index >= 15 is 0 Å². The van der Waals surface area contributed by atoms with Gasteiger partial charge in [0.15, 0.2) is 0 Å². The summed E-state index contributed by atoms with van der Waals surface area (Å²) >= 11 is 0. The molecule has 0 bridgehead atoms. The molecular formula is C38H46BN4O6. The highest BCUT2D eigenvalue weighted by Gasteiger charge is 2.49. The van der Waals surface area contributed by atoms with E-state index in [0.717, 1.165) is 81.2 Å². The molecule has 3 N–H and O–H groups in total. The van der Waals surface area contributed by atoms with Crippen LogP contribution in [0.2, 0.25) is 0 Å². The van der Waals surface area contributed by atoms with Crippen molar-refractivity contribution in [3.8, 4) is 16.9 Å². The highest BCUT2D eigenvalue weighted by Crippen LogP contribution is 2.48. The first-order valence-electron chi connectivity index (χ1n) is 17.4. The molecule has 1 saturated carbocycles. The Morgan fingerprint density at radius 1 is 1.10 bits per heavy atom. The number of H-pyrrole nitrogens is 1. The standard InChI is InChI=1S/C38H46BN4O6/c1-20(2)32(42-36(45)47-7)35(44)43-29-10-8-9-22(29)17-30(43)34-40-28-14-11-21-15-26-23(16-27(21)33(28)41-34)19-48-31-18-24(12-13-25(26)31)39-49-38(5,6)37(3,4)46/h11-16,18,20,22,29-30,32,46H,8-10,17,19H2,1-7H3,(H,40,41)(H,42,45)/t22-,29-,30-,32-/m0/s1. The van der Waals surface area contributed by atoms with E-state index in [-0.39, 0.29) is 23.9 Å². The van der Waals surface area contributed by atoms with Crippen molar-refractivity contribution in [3.63, 3.8) is 0 Å². The average Bonchev–Trinajstić information content (AvgIpc) is 3.79. The Morgan fingerprint density at radius 3 is 2.63 bits per heavy atom. The fourth-order valence-corrected chi connectivity index (χ4v) is 7.62. The highest BCUT2D eigenvalue weighted by molar-refractivity contribution is 6.47. The predicted octanol–water partition coefficient (Wildman–Crippen LogP) is 5.91. The van der Waals surface area contributed by atoms with Gasteiger partial charge in [-0.2, -0.15) is 0 Å². The molecule has 3 heterocycles. The van der Waals surface area contributed by atoms with Gasteiger partial charge in [-0.05, 0) is 105 Å². The molecule has 257 valence electrons. The van der Waals surface area contributed by atoms with E-state index in [1.807, 2.05) is 44.7 Å². The van der Waals surface area contributed by atoms with E-state index in [9.17, 15) is 14.7 Å². The summed E-state index contributed by atoms with van der Waals surface area (Å²) < 4.78 is 17.1. The summed E-state index contributed by atoms with van der Waals surface area (Å²) in [5.41, 5.74) is 4.08. The Hall–Kier alpha value is -4.09. The molecule has 1 radical (unpaired) electrons. The molecule has 0 spiro atoms. The molecule has 2 amide bonds. The smallest absolute Gasteiger partial charge is 0.407 e. The lowest BCUT2D eigenvalue weighted by molar-refractivity contribution is -0.137. The van der Waals surface area contributed by atoms with E-state index in [4.69, 9.17) is 19.1 Å². The molecule has 1 aromatic heterocycles. The van der Waals surface area contributed by atoms with Crippen molar-refractivity contribution in [1.82, 2.24) is 20.2 Å². The molecule has 1 saturated heterocycles. The van der Waals surface area contributed by atoms with Crippen LogP contribution >= 0.6 is 0 Å². The molecule has 7 rings (SSSR count). The lowest BCUT2D eigenvalue weighted by Gasteiger charge is -2.37. The predicted molar refractivity (Wildman–Crippen MR) is 190 cm³/mol. The van der Waals surface area contributed by atoms with Gasteiger partial charge in [0.05, 0.1) is 35.4 Å². The number of nitrogens with one attached hydrogen (secondary N) is 2. The molecule has 2 aliphatic heterocycles. The zero-order valence-corrected chi connectivity index (χ0v) is 29.4. The number of imidazole rings is 1. The molecular weight excluding hydrogens is 619 g/mol. The summed E-state index contributed by atoms with van der Waals surface area (Å²) in [6, 6.07) is 13.8. The van der Waals surface area contributed by atoms with E-state index in [1.54, 1.807) is 21.3 Å². The molecule has 0 unspecified atom stereocenters. The summed E-state index contributed by atoms with van der Waals surface area (Å²) in [7, 11) is 2.99. The van der Waals surface area contributed by atoms with Crippen molar-refractivity contribution < 1.29 is 28.8 Å². The number of amides is 2. The molecule has 10 nitrogen and oxygen atoms in total. The number of aromatic amines is 1. The van der Waals surface area contributed by atoms with Crippen molar-refractivity contribution in [3.05, 3.63) is 53.9 Å². The van der Waals surface area contributed by atoms with Crippen LogP contribution in [0.4, 0.5) is 4.79 Å². The van der Waals surface area contributed by atoms with Crippen LogP contribution in [0.1, 0.15) is 84.7 Å². The van der Waals surface area contributed by atoms with Crippen LogP contribution in [0.3, 0.4) is 0 Å². The number of likely N-dealkylation sites (tertiary alicyclic amines) is 1. The molecule has 4 aromatic rings. The van der Waals surface area contributed by atoms with Crippen LogP contribution < -0.4 is 15.5 Å². The number of methoxy groups -OCH3 is 1. The second-order valence-electron chi connectivity index (χ2n) is 15.3. The van der Waals surface area contributed by atoms with Gasteiger partial charge in [-0.25, -0.2) is 9.78 Å². The molecule has 3 aliphatic rings. The molecule has 4 atom stereocenters. The van der Waals surface area contributed by atoms with Gasteiger partial charge in [0, 0.05) is 17.0 Å². The van der Waals surface area contributed by atoms with Gasteiger partial charge in [-0.3, -0.25) is 4.79 Å². The van der Waals surface area contributed by atoms with Crippen LogP contribution in [0.15, 0.2) is 42.5 Å². The van der Waals surface area contributed by atoms with Gasteiger partial charge in [-0.15, -0.1) is 0 Å². The summed E-state index contributed by atoms with van der Waals surface area (Å²) in [6.07, 6.45) is 3.38. The van der Waals surface area contributed by atoms with Crippen LogP contribution in [0.5, 0.6) is 5.75 Å². The van der Waals surface area contributed by atoms with Gasteiger partial charge in [0.2, 0.25) is 5.91 Å².